The third-order valence-electron chi connectivity index (χ3n) is 6.32. The summed E-state index contributed by atoms with van der Waals surface area (Å²) in [6.07, 6.45) is 5.65. The average Bonchev–Trinajstić information content (AvgIpc) is 2.56. The van der Waals surface area contributed by atoms with Gasteiger partial charge in [0.2, 0.25) is 5.91 Å². The van der Waals surface area contributed by atoms with Crippen molar-refractivity contribution >= 4 is 23.5 Å². The van der Waals surface area contributed by atoms with Crippen molar-refractivity contribution < 1.29 is 19.1 Å². The fourth-order valence-corrected chi connectivity index (χ4v) is 6.21. The Morgan fingerprint density at radius 1 is 1.19 bits per heavy atom. The Morgan fingerprint density at radius 3 is 2.59 bits per heavy atom. The van der Waals surface area contributed by atoms with Gasteiger partial charge in [-0.1, -0.05) is 17.7 Å². The molecular weight excluding hydrogens is 366 g/mol. The standard InChI is InChI=1S/C21H26ClNO4/c1-14(24)23-21-11-15-7-16(12-21)10-20(9-15,13-21)19(25)27-6-5-26-18-4-2-3-17(22)8-18/h2-4,8,15-16H,5-7,9-13H2,1H3,(H,23,24). The van der Waals surface area contributed by atoms with Crippen molar-refractivity contribution in [3.8, 4) is 5.75 Å². The molecule has 5 nitrogen and oxygen atoms in total. The second-order valence-electron chi connectivity index (χ2n) is 8.64. The van der Waals surface area contributed by atoms with Crippen LogP contribution in [0.1, 0.15) is 45.4 Å². The molecule has 4 aliphatic rings. The van der Waals surface area contributed by atoms with Crippen molar-refractivity contribution in [3.05, 3.63) is 29.3 Å². The molecule has 1 aromatic carbocycles. The van der Waals surface area contributed by atoms with E-state index in [0.29, 0.717) is 35.6 Å². The molecule has 146 valence electrons. The van der Waals surface area contributed by atoms with Crippen LogP contribution in [0.15, 0.2) is 24.3 Å². The zero-order valence-electron chi connectivity index (χ0n) is 15.6. The van der Waals surface area contributed by atoms with E-state index in [1.807, 2.05) is 12.1 Å². The van der Waals surface area contributed by atoms with Gasteiger partial charge in [0, 0.05) is 17.5 Å². The number of rotatable bonds is 6. The van der Waals surface area contributed by atoms with Crippen molar-refractivity contribution in [1.29, 1.82) is 0 Å². The van der Waals surface area contributed by atoms with Crippen LogP contribution in [0.2, 0.25) is 5.02 Å². The Balaban J connectivity index is 1.36. The van der Waals surface area contributed by atoms with Gasteiger partial charge in [-0.05, 0) is 68.6 Å². The van der Waals surface area contributed by atoms with Gasteiger partial charge in [0.15, 0.2) is 0 Å². The van der Waals surface area contributed by atoms with Crippen LogP contribution in [0.5, 0.6) is 5.75 Å². The first kappa shape index (κ1) is 18.6. The Labute approximate surface area is 164 Å². The lowest BCUT2D eigenvalue weighted by atomic mass is 9.47. The number of hydrogen-bond donors (Lipinski definition) is 1. The molecule has 0 spiro atoms. The highest BCUT2D eigenvalue weighted by molar-refractivity contribution is 6.30. The molecule has 4 aliphatic carbocycles. The van der Waals surface area contributed by atoms with Gasteiger partial charge in [-0.3, -0.25) is 9.59 Å². The molecule has 0 heterocycles. The number of carbonyl (C=O) groups excluding carboxylic acids is 2. The normalized spacial score (nSPS) is 33.6. The van der Waals surface area contributed by atoms with Crippen LogP contribution in [0, 0.1) is 17.3 Å². The lowest BCUT2D eigenvalue weighted by molar-refractivity contribution is -0.176. The Bertz CT molecular complexity index is 735. The number of ether oxygens (including phenoxy) is 2. The maximum atomic E-state index is 13.0. The molecule has 0 saturated heterocycles. The summed E-state index contributed by atoms with van der Waals surface area (Å²) in [7, 11) is 0. The second-order valence-corrected chi connectivity index (χ2v) is 9.08. The third-order valence-corrected chi connectivity index (χ3v) is 6.55. The molecule has 4 saturated carbocycles. The zero-order chi connectivity index (χ0) is 19.1. The van der Waals surface area contributed by atoms with Crippen LogP contribution >= 0.6 is 11.6 Å². The van der Waals surface area contributed by atoms with Crippen molar-refractivity contribution in [1.82, 2.24) is 5.32 Å². The second kappa shape index (κ2) is 7.01. The molecule has 0 aromatic heterocycles. The molecule has 6 heteroatoms. The minimum atomic E-state index is -0.442. The molecule has 4 bridgehead atoms. The summed E-state index contributed by atoms with van der Waals surface area (Å²) in [5.74, 6) is 1.55. The fourth-order valence-electron chi connectivity index (χ4n) is 6.02. The van der Waals surface area contributed by atoms with Crippen molar-refractivity contribution in [2.45, 2.75) is 51.0 Å². The van der Waals surface area contributed by atoms with E-state index in [4.69, 9.17) is 21.1 Å². The van der Waals surface area contributed by atoms with E-state index in [1.54, 1.807) is 19.1 Å². The highest BCUT2D eigenvalue weighted by Crippen LogP contribution is 2.62. The quantitative estimate of drug-likeness (QED) is 0.592. The molecule has 2 unspecified atom stereocenters. The van der Waals surface area contributed by atoms with Gasteiger partial charge in [-0.15, -0.1) is 0 Å². The van der Waals surface area contributed by atoms with Crippen LogP contribution in [-0.2, 0) is 14.3 Å². The fraction of sp³-hybridized carbons (Fsp3) is 0.619. The molecule has 1 amide bonds. The summed E-state index contributed by atoms with van der Waals surface area (Å²) in [4.78, 5) is 24.7. The zero-order valence-corrected chi connectivity index (χ0v) is 16.4. The summed E-state index contributed by atoms with van der Waals surface area (Å²) in [5, 5.41) is 3.79. The van der Waals surface area contributed by atoms with Gasteiger partial charge >= 0.3 is 5.97 Å². The number of benzene rings is 1. The topological polar surface area (TPSA) is 64.6 Å². The van der Waals surface area contributed by atoms with Crippen molar-refractivity contribution in [2.24, 2.45) is 17.3 Å². The molecular formula is C21H26ClNO4. The summed E-state index contributed by atoms with van der Waals surface area (Å²) in [5.41, 5.74) is -0.658. The molecule has 2 atom stereocenters. The van der Waals surface area contributed by atoms with Gasteiger partial charge < -0.3 is 14.8 Å². The first-order valence-electron chi connectivity index (χ1n) is 9.73. The molecule has 0 radical (unpaired) electrons. The van der Waals surface area contributed by atoms with Crippen molar-refractivity contribution in [2.75, 3.05) is 13.2 Å². The van der Waals surface area contributed by atoms with E-state index in [1.165, 1.54) is 6.42 Å². The van der Waals surface area contributed by atoms with E-state index in [9.17, 15) is 9.59 Å². The smallest absolute Gasteiger partial charge is 0.312 e. The maximum Gasteiger partial charge on any atom is 0.312 e. The minimum Gasteiger partial charge on any atom is -0.490 e. The van der Waals surface area contributed by atoms with E-state index in [2.05, 4.69) is 5.32 Å². The largest absolute Gasteiger partial charge is 0.490 e. The van der Waals surface area contributed by atoms with Gasteiger partial charge in [0.25, 0.3) is 0 Å². The highest BCUT2D eigenvalue weighted by Gasteiger charge is 2.61. The average molecular weight is 392 g/mol. The third kappa shape index (κ3) is 3.79. The van der Waals surface area contributed by atoms with Gasteiger partial charge in [0.1, 0.15) is 19.0 Å². The lowest BCUT2D eigenvalue weighted by Crippen LogP contribution is -2.64. The van der Waals surface area contributed by atoms with Crippen LogP contribution in [0.3, 0.4) is 0 Å². The number of nitrogens with one attached hydrogen (secondary N) is 1. The maximum absolute atomic E-state index is 13.0. The highest BCUT2D eigenvalue weighted by atomic mass is 35.5. The van der Waals surface area contributed by atoms with Gasteiger partial charge in [-0.2, -0.15) is 0 Å². The number of carbonyl (C=O) groups is 2. The predicted molar refractivity (Wildman–Crippen MR) is 102 cm³/mol. The first-order chi connectivity index (χ1) is 12.9. The molecule has 1 N–H and O–H groups in total. The number of hydrogen-bond acceptors (Lipinski definition) is 4. The molecule has 5 rings (SSSR count). The SMILES string of the molecule is CC(=O)NC12CC3CC(C1)CC(C(=O)OCCOc1cccc(Cl)c1)(C3)C2. The number of halogens is 1. The van der Waals surface area contributed by atoms with E-state index in [-0.39, 0.29) is 24.0 Å². The molecule has 0 aliphatic heterocycles. The Morgan fingerprint density at radius 2 is 1.93 bits per heavy atom. The van der Waals surface area contributed by atoms with Crippen molar-refractivity contribution in [3.63, 3.8) is 0 Å². The van der Waals surface area contributed by atoms with Gasteiger partial charge in [-0.25, -0.2) is 0 Å². The molecule has 27 heavy (non-hydrogen) atoms. The van der Waals surface area contributed by atoms with Crippen LogP contribution in [0.4, 0.5) is 0 Å². The van der Waals surface area contributed by atoms with E-state index >= 15 is 0 Å². The Kier molecular flexibility index (Phi) is 4.83. The first-order valence-corrected chi connectivity index (χ1v) is 10.1. The van der Waals surface area contributed by atoms with E-state index < -0.39 is 5.41 Å². The summed E-state index contributed by atoms with van der Waals surface area (Å²) in [6, 6.07) is 7.16. The summed E-state index contributed by atoms with van der Waals surface area (Å²) < 4.78 is 11.2. The van der Waals surface area contributed by atoms with Crippen LogP contribution < -0.4 is 10.1 Å². The lowest BCUT2D eigenvalue weighted by Gasteiger charge is -2.60. The number of esters is 1. The Hall–Kier alpha value is -1.75. The monoisotopic (exact) mass is 391 g/mol. The number of amides is 1. The van der Waals surface area contributed by atoms with Crippen LogP contribution in [0.25, 0.3) is 0 Å². The van der Waals surface area contributed by atoms with Gasteiger partial charge in [0.05, 0.1) is 5.41 Å². The molecule has 1 aromatic rings. The van der Waals surface area contributed by atoms with Crippen LogP contribution in [-0.4, -0.2) is 30.6 Å². The molecule has 4 fully saturated rings. The van der Waals surface area contributed by atoms with E-state index in [0.717, 1.165) is 25.7 Å². The summed E-state index contributed by atoms with van der Waals surface area (Å²) in [6.45, 7) is 2.08. The predicted octanol–water partition coefficient (Wildman–Crippen LogP) is 3.74. The minimum absolute atomic E-state index is 0.00427. The summed E-state index contributed by atoms with van der Waals surface area (Å²) >= 11 is 5.94.